The van der Waals surface area contributed by atoms with Gasteiger partial charge in [0.15, 0.2) is 5.96 Å². The van der Waals surface area contributed by atoms with Crippen molar-refractivity contribution in [2.45, 2.75) is 72.5 Å². The molecular weight excluding hydrogens is 410 g/mol. The first-order valence-corrected chi connectivity index (χ1v) is 11.2. The van der Waals surface area contributed by atoms with Crippen LogP contribution in [-0.2, 0) is 11.3 Å². The monoisotopic (exact) mass is 449 g/mol. The van der Waals surface area contributed by atoms with Crippen LogP contribution < -0.4 is 27.4 Å². The van der Waals surface area contributed by atoms with Gasteiger partial charge < -0.3 is 27.4 Å². The van der Waals surface area contributed by atoms with Gasteiger partial charge in [-0.1, -0.05) is 20.3 Å². The van der Waals surface area contributed by atoms with E-state index in [-0.39, 0.29) is 29.5 Å². The molecule has 3 unspecified atom stereocenters. The van der Waals surface area contributed by atoms with Gasteiger partial charge in [-0.15, -0.1) is 0 Å². The van der Waals surface area contributed by atoms with Crippen LogP contribution in [0.3, 0.4) is 0 Å². The highest BCUT2D eigenvalue weighted by Gasteiger charge is 2.25. The molecule has 1 rings (SSSR count). The number of rotatable bonds is 14. The van der Waals surface area contributed by atoms with Gasteiger partial charge in [0, 0.05) is 43.5 Å². The number of nitrogens with two attached hydrogens (primary N) is 2. The summed E-state index contributed by atoms with van der Waals surface area (Å²) in [5.41, 5.74) is 13.1. The van der Waals surface area contributed by atoms with Gasteiger partial charge in [-0.3, -0.25) is 19.9 Å². The molecule has 3 atom stereocenters. The summed E-state index contributed by atoms with van der Waals surface area (Å²) >= 11 is 0. The second kappa shape index (κ2) is 13.5. The van der Waals surface area contributed by atoms with Crippen molar-refractivity contribution >= 4 is 23.2 Å². The van der Waals surface area contributed by atoms with Crippen LogP contribution in [0.5, 0.6) is 0 Å². The number of aryl methyl sites for hydroxylation is 1. The van der Waals surface area contributed by atoms with Crippen LogP contribution in [0.15, 0.2) is 17.1 Å². The zero-order chi connectivity index (χ0) is 24.3. The van der Waals surface area contributed by atoms with Crippen molar-refractivity contribution in [3.8, 4) is 0 Å². The van der Waals surface area contributed by atoms with Crippen molar-refractivity contribution in [1.29, 1.82) is 0 Å². The van der Waals surface area contributed by atoms with Crippen molar-refractivity contribution in [3.63, 3.8) is 0 Å². The number of anilines is 1. The Kier molecular flexibility index (Phi) is 11.5. The smallest absolute Gasteiger partial charge is 0.270 e. The number of carbonyl (C=O) groups is 1. The lowest BCUT2D eigenvalue weighted by atomic mass is 9.97. The Balaban J connectivity index is 2.91. The van der Waals surface area contributed by atoms with Crippen molar-refractivity contribution in [2.75, 3.05) is 18.4 Å². The summed E-state index contributed by atoms with van der Waals surface area (Å²) in [5, 5.41) is 21.0. The van der Waals surface area contributed by atoms with Gasteiger partial charge in [0.2, 0.25) is 5.91 Å². The number of aliphatic imine (C=N–C) groups is 1. The summed E-state index contributed by atoms with van der Waals surface area (Å²) in [5.74, 6) is 0.0723. The average molecular weight is 450 g/mol. The average Bonchev–Trinajstić information content (AvgIpc) is 2.72. The first kappa shape index (κ1) is 27.2. The summed E-state index contributed by atoms with van der Waals surface area (Å²) in [7, 11) is 0. The van der Waals surface area contributed by atoms with E-state index in [0.29, 0.717) is 19.6 Å². The van der Waals surface area contributed by atoms with Crippen LogP contribution in [0.4, 0.5) is 11.4 Å². The maximum Gasteiger partial charge on any atom is 0.270 e. The van der Waals surface area contributed by atoms with E-state index >= 15 is 0 Å². The van der Waals surface area contributed by atoms with Gasteiger partial charge in [-0.25, -0.2) is 0 Å². The van der Waals surface area contributed by atoms with Crippen LogP contribution in [0, 0.1) is 23.0 Å². The lowest BCUT2D eigenvalue weighted by Crippen LogP contribution is -2.50. The number of non-ortho nitro benzene ring substituents is 1. The maximum atomic E-state index is 13.0. The Morgan fingerprint density at radius 3 is 2.50 bits per heavy atom. The minimum absolute atomic E-state index is 0.0255. The Hall–Kier alpha value is -2.88. The van der Waals surface area contributed by atoms with E-state index in [2.05, 4.69) is 20.9 Å². The van der Waals surface area contributed by atoms with Gasteiger partial charge in [-0.2, -0.15) is 0 Å². The third-order valence-corrected chi connectivity index (χ3v) is 5.45. The van der Waals surface area contributed by atoms with Gasteiger partial charge in [0.25, 0.3) is 5.69 Å². The SMILES string of the molecule is CCNc1c(C)cc([N+](=O)[O-])cc1CNC(C(=O)NC(C)CCCN=C(N)N)C(C)CC. The molecule has 180 valence electrons. The predicted molar refractivity (Wildman–Crippen MR) is 130 cm³/mol. The summed E-state index contributed by atoms with van der Waals surface area (Å²) in [6.45, 7) is 11.4. The molecule has 0 saturated carbocycles. The quantitative estimate of drug-likeness (QED) is 0.0957. The molecule has 0 bridgehead atoms. The van der Waals surface area contributed by atoms with E-state index in [1.165, 1.54) is 0 Å². The number of guanidine groups is 1. The summed E-state index contributed by atoms with van der Waals surface area (Å²) in [6.07, 6.45) is 2.34. The number of amides is 1. The van der Waals surface area contributed by atoms with Gasteiger partial charge in [0.1, 0.15) is 0 Å². The Morgan fingerprint density at radius 1 is 1.25 bits per heavy atom. The van der Waals surface area contributed by atoms with E-state index in [1.807, 2.05) is 34.6 Å². The zero-order valence-electron chi connectivity index (χ0n) is 19.9. The number of carbonyl (C=O) groups excluding carboxylic acids is 1. The number of hydrogen-bond acceptors (Lipinski definition) is 6. The number of nitro groups is 1. The Morgan fingerprint density at radius 2 is 1.94 bits per heavy atom. The fourth-order valence-electron chi connectivity index (χ4n) is 3.53. The van der Waals surface area contributed by atoms with Gasteiger partial charge >= 0.3 is 0 Å². The summed E-state index contributed by atoms with van der Waals surface area (Å²) in [6, 6.07) is 2.68. The normalized spacial score (nSPS) is 13.7. The van der Waals surface area contributed by atoms with E-state index in [4.69, 9.17) is 11.5 Å². The predicted octanol–water partition coefficient (Wildman–Crippen LogP) is 2.40. The molecular formula is C22H39N7O3. The number of nitrogens with zero attached hydrogens (tertiary/aromatic N) is 2. The standard InChI is InChI=1S/C22H39N7O3/c1-6-14(3)20(21(30)28-16(5)9-8-10-26-22(23)24)27-13-17-12-18(29(31)32)11-15(4)19(17)25-7-2/h11-12,14,16,20,25,27H,6-10,13H2,1-5H3,(H,28,30)(H4,23,24,26). The molecule has 0 fully saturated rings. The minimum atomic E-state index is -0.422. The molecule has 0 radical (unpaired) electrons. The summed E-state index contributed by atoms with van der Waals surface area (Å²) < 4.78 is 0. The maximum absolute atomic E-state index is 13.0. The first-order chi connectivity index (χ1) is 15.1. The Bertz CT molecular complexity index is 794. The van der Waals surface area contributed by atoms with Crippen molar-refractivity contribution in [3.05, 3.63) is 33.4 Å². The molecule has 0 spiro atoms. The van der Waals surface area contributed by atoms with E-state index < -0.39 is 11.0 Å². The van der Waals surface area contributed by atoms with Crippen LogP contribution in [0.2, 0.25) is 0 Å². The largest absolute Gasteiger partial charge is 0.385 e. The fourth-order valence-corrected chi connectivity index (χ4v) is 3.53. The summed E-state index contributed by atoms with van der Waals surface area (Å²) in [4.78, 5) is 27.9. The van der Waals surface area contributed by atoms with Crippen LogP contribution >= 0.6 is 0 Å². The van der Waals surface area contributed by atoms with Crippen LogP contribution in [0.1, 0.15) is 58.1 Å². The molecule has 32 heavy (non-hydrogen) atoms. The number of nitrogens with one attached hydrogen (secondary N) is 3. The second-order valence-corrected chi connectivity index (χ2v) is 8.19. The number of hydrogen-bond donors (Lipinski definition) is 5. The highest BCUT2D eigenvalue weighted by molar-refractivity contribution is 5.82. The van der Waals surface area contributed by atoms with Gasteiger partial charge in [-0.05, 0) is 50.7 Å². The third kappa shape index (κ3) is 8.70. The van der Waals surface area contributed by atoms with E-state index in [1.54, 1.807) is 12.1 Å². The molecule has 1 aromatic carbocycles. The number of nitro benzene ring substituents is 1. The highest BCUT2D eigenvalue weighted by Crippen LogP contribution is 2.27. The molecule has 7 N–H and O–H groups in total. The molecule has 0 saturated heterocycles. The molecule has 1 aromatic rings. The van der Waals surface area contributed by atoms with Crippen molar-refractivity contribution in [2.24, 2.45) is 22.4 Å². The molecule has 1 amide bonds. The third-order valence-electron chi connectivity index (χ3n) is 5.45. The second-order valence-electron chi connectivity index (χ2n) is 8.19. The molecule has 0 aliphatic heterocycles. The first-order valence-electron chi connectivity index (χ1n) is 11.2. The van der Waals surface area contributed by atoms with Gasteiger partial charge in [0.05, 0.1) is 11.0 Å². The lowest BCUT2D eigenvalue weighted by Gasteiger charge is -2.26. The van der Waals surface area contributed by atoms with Crippen LogP contribution in [0.25, 0.3) is 0 Å². The van der Waals surface area contributed by atoms with Crippen molar-refractivity contribution < 1.29 is 9.72 Å². The Labute approximate surface area is 190 Å². The van der Waals surface area contributed by atoms with E-state index in [9.17, 15) is 14.9 Å². The molecule has 10 nitrogen and oxygen atoms in total. The molecule has 10 heteroatoms. The fraction of sp³-hybridized carbons (Fsp3) is 0.636. The minimum Gasteiger partial charge on any atom is -0.385 e. The molecule has 0 aliphatic carbocycles. The molecule has 0 heterocycles. The highest BCUT2D eigenvalue weighted by atomic mass is 16.6. The van der Waals surface area contributed by atoms with Crippen molar-refractivity contribution in [1.82, 2.24) is 10.6 Å². The topological polar surface area (TPSA) is 161 Å². The van der Waals surface area contributed by atoms with E-state index in [0.717, 1.165) is 36.1 Å². The van der Waals surface area contributed by atoms with Crippen LogP contribution in [-0.4, -0.2) is 42.0 Å². The molecule has 0 aliphatic rings. The molecule has 0 aromatic heterocycles. The zero-order valence-corrected chi connectivity index (χ0v) is 19.9. The lowest BCUT2D eigenvalue weighted by molar-refractivity contribution is -0.384. The number of benzene rings is 1.